The SMILES string of the molecule is Cc1cc(NCc2cc(N)cc(Cl)c2)n(C)n1. The average molecular weight is 251 g/mol. The first kappa shape index (κ1) is 11.8. The first-order chi connectivity index (χ1) is 8.04. The molecule has 0 atom stereocenters. The molecule has 2 rings (SSSR count). The van der Waals surface area contributed by atoms with Gasteiger partial charge >= 0.3 is 0 Å². The zero-order valence-electron chi connectivity index (χ0n) is 9.87. The van der Waals surface area contributed by atoms with E-state index in [9.17, 15) is 0 Å². The van der Waals surface area contributed by atoms with Crippen LogP contribution in [-0.2, 0) is 13.6 Å². The van der Waals surface area contributed by atoms with Crippen molar-refractivity contribution in [2.24, 2.45) is 7.05 Å². The molecular formula is C12H15ClN4. The Bertz CT molecular complexity index is 513. The van der Waals surface area contributed by atoms with Crippen molar-refractivity contribution in [1.29, 1.82) is 0 Å². The number of rotatable bonds is 3. The lowest BCUT2D eigenvalue weighted by atomic mass is 10.2. The van der Waals surface area contributed by atoms with Crippen LogP contribution in [-0.4, -0.2) is 9.78 Å². The first-order valence-corrected chi connectivity index (χ1v) is 5.72. The fourth-order valence-corrected chi connectivity index (χ4v) is 2.01. The maximum Gasteiger partial charge on any atom is 0.124 e. The van der Waals surface area contributed by atoms with Crippen LogP contribution in [0, 0.1) is 6.92 Å². The van der Waals surface area contributed by atoms with E-state index < -0.39 is 0 Å². The minimum absolute atomic E-state index is 0.656. The number of nitrogens with zero attached hydrogens (tertiary/aromatic N) is 2. The highest BCUT2D eigenvalue weighted by Gasteiger charge is 2.02. The Balaban J connectivity index is 2.09. The quantitative estimate of drug-likeness (QED) is 0.824. The summed E-state index contributed by atoms with van der Waals surface area (Å²) in [5.41, 5.74) is 8.45. The summed E-state index contributed by atoms with van der Waals surface area (Å²) in [7, 11) is 1.90. The van der Waals surface area contributed by atoms with E-state index in [1.165, 1.54) is 0 Å². The largest absolute Gasteiger partial charge is 0.399 e. The van der Waals surface area contributed by atoms with E-state index in [2.05, 4.69) is 10.4 Å². The van der Waals surface area contributed by atoms with Gasteiger partial charge in [0.15, 0.2) is 0 Å². The van der Waals surface area contributed by atoms with Crippen LogP contribution in [0.4, 0.5) is 11.5 Å². The van der Waals surface area contributed by atoms with Gasteiger partial charge in [-0.25, -0.2) is 0 Å². The Morgan fingerprint density at radius 2 is 2.12 bits per heavy atom. The summed E-state index contributed by atoms with van der Waals surface area (Å²) in [6.45, 7) is 2.63. The molecule has 0 aliphatic carbocycles. The number of aryl methyl sites for hydroxylation is 2. The third-order valence-electron chi connectivity index (χ3n) is 2.46. The van der Waals surface area contributed by atoms with Gasteiger partial charge < -0.3 is 11.1 Å². The number of anilines is 2. The summed E-state index contributed by atoms with van der Waals surface area (Å²) in [6, 6.07) is 7.53. The van der Waals surface area contributed by atoms with Gasteiger partial charge in [-0.15, -0.1) is 0 Å². The molecule has 1 aromatic carbocycles. The predicted molar refractivity (Wildman–Crippen MR) is 71.1 cm³/mol. The van der Waals surface area contributed by atoms with Crippen LogP contribution in [0.1, 0.15) is 11.3 Å². The maximum absolute atomic E-state index is 5.94. The Hall–Kier alpha value is -1.68. The van der Waals surface area contributed by atoms with Gasteiger partial charge in [0.25, 0.3) is 0 Å². The number of benzene rings is 1. The zero-order chi connectivity index (χ0) is 12.4. The summed E-state index contributed by atoms with van der Waals surface area (Å²) in [5, 5.41) is 8.21. The number of nitrogen functional groups attached to an aromatic ring is 1. The van der Waals surface area contributed by atoms with Crippen LogP contribution in [0.3, 0.4) is 0 Å². The number of halogens is 1. The smallest absolute Gasteiger partial charge is 0.124 e. The molecule has 0 amide bonds. The van der Waals surface area contributed by atoms with Crippen molar-refractivity contribution >= 4 is 23.1 Å². The van der Waals surface area contributed by atoms with Crippen LogP contribution >= 0.6 is 11.6 Å². The van der Waals surface area contributed by atoms with Crippen LogP contribution in [0.5, 0.6) is 0 Å². The van der Waals surface area contributed by atoms with Gasteiger partial charge in [-0.3, -0.25) is 4.68 Å². The highest BCUT2D eigenvalue weighted by atomic mass is 35.5. The summed E-state index contributed by atoms with van der Waals surface area (Å²) in [6.07, 6.45) is 0. The molecule has 0 aliphatic rings. The second-order valence-electron chi connectivity index (χ2n) is 4.04. The van der Waals surface area contributed by atoms with E-state index in [0.29, 0.717) is 17.3 Å². The molecule has 0 bridgehead atoms. The number of nitrogens with two attached hydrogens (primary N) is 1. The summed E-state index contributed by atoms with van der Waals surface area (Å²) in [4.78, 5) is 0. The van der Waals surface area contributed by atoms with Crippen LogP contribution in [0.15, 0.2) is 24.3 Å². The molecule has 3 N–H and O–H groups in total. The van der Waals surface area contributed by atoms with Crippen molar-refractivity contribution in [3.05, 3.63) is 40.5 Å². The fraction of sp³-hybridized carbons (Fsp3) is 0.250. The van der Waals surface area contributed by atoms with E-state index in [-0.39, 0.29) is 0 Å². The molecule has 0 saturated heterocycles. The van der Waals surface area contributed by atoms with Gasteiger partial charge in [0, 0.05) is 30.4 Å². The van der Waals surface area contributed by atoms with Crippen molar-refractivity contribution in [1.82, 2.24) is 9.78 Å². The van der Waals surface area contributed by atoms with Gasteiger partial charge in [-0.05, 0) is 30.7 Å². The van der Waals surface area contributed by atoms with Gasteiger partial charge in [0.05, 0.1) is 5.69 Å². The van der Waals surface area contributed by atoms with Gasteiger partial charge in [-0.2, -0.15) is 5.10 Å². The Labute approximate surface area is 105 Å². The molecule has 4 nitrogen and oxygen atoms in total. The minimum atomic E-state index is 0.656. The predicted octanol–water partition coefficient (Wildman–Crippen LogP) is 2.58. The molecule has 2 aromatic rings. The third-order valence-corrected chi connectivity index (χ3v) is 2.67. The molecule has 90 valence electrons. The second-order valence-corrected chi connectivity index (χ2v) is 4.48. The normalized spacial score (nSPS) is 10.5. The van der Waals surface area contributed by atoms with E-state index in [1.807, 2.05) is 36.9 Å². The first-order valence-electron chi connectivity index (χ1n) is 5.34. The van der Waals surface area contributed by atoms with E-state index in [0.717, 1.165) is 17.1 Å². The molecule has 0 saturated carbocycles. The third kappa shape index (κ3) is 2.91. The van der Waals surface area contributed by atoms with Crippen molar-refractivity contribution in [2.75, 3.05) is 11.1 Å². The minimum Gasteiger partial charge on any atom is -0.399 e. The lowest BCUT2D eigenvalue weighted by molar-refractivity contribution is 0.758. The van der Waals surface area contributed by atoms with E-state index >= 15 is 0 Å². The van der Waals surface area contributed by atoms with Crippen LogP contribution in [0.25, 0.3) is 0 Å². The van der Waals surface area contributed by atoms with Crippen molar-refractivity contribution in [3.8, 4) is 0 Å². The molecule has 5 heteroatoms. The number of hydrogen-bond donors (Lipinski definition) is 2. The average Bonchev–Trinajstić information content (AvgIpc) is 2.53. The number of hydrogen-bond acceptors (Lipinski definition) is 3. The molecule has 0 unspecified atom stereocenters. The molecule has 0 fully saturated rings. The highest BCUT2D eigenvalue weighted by Crippen LogP contribution is 2.18. The standard InChI is InChI=1S/C12H15ClN4/c1-8-3-12(17(2)16-8)15-7-9-4-10(13)6-11(14)5-9/h3-6,15H,7,14H2,1-2H3. The van der Waals surface area contributed by atoms with E-state index in [4.69, 9.17) is 17.3 Å². The van der Waals surface area contributed by atoms with E-state index in [1.54, 1.807) is 6.07 Å². The molecular weight excluding hydrogens is 236 g/mol. The molecule has 17 heavy (non-hydrogen) atoms. The second kappa shape index (κ2) is 4.67. The van der Waals surface area contributed by atoms with Crippen molar-refractivity contribution < 1.29 is 0 Å². The Kier molecular flexibility index (Phi) is 3.24. The summed E-state index contributed by atoms with van der Waals surface area (Å²) >= 11 is 5.94. The van der Waals surface area contributed by atoms with Gasteiger partial charge in [0.1, 0.15) is 5.82 Å². The Morgan fingerprint density at radius 1 is 1.35 bits per heavy atom. The lowest BCUT2D eigenvalue weighted by Gasteiger charge is -2.07. The molecule has 0 aliphatic heterocycles. The van der Waals surface area contributed by atoms with Gasteiger partial charge in [0.2, 0.25) is 0 Å². The zero-order valence-corrected chi connectivity index (χ0v) is 10.6. The topological polar surface area (TPSA) is 55.9 Å². The lowest BCUT2D eigenvalue weighted by Crippen LogP contribution is -2.05. The van der Waals surface area contributed by atoms with Gasteiger partial charge in [-0.1, -0.05) is 11.6 Å². The molecule has 1 heterocycles. The highest BCUT2D eigenvalue weighted by molar-refractivity contribution is 6.30. The fourth-order valence-electron chi connectivity index (χ4n) is 1.75. The van der Waals surface area contributed by atoms with Crippen LogP contribution < -0.4 is 11.1 Å². The molecule has 0 spiro atoms. The number of aromatic nitrogens is 2. The maximum atomic E-state index is 5.94. The Morgan fingerprint density at radius 3 is 2.71 bits per heavy atom. The number of nitrogens with one attached hydrogen (secondary N) is 1. The monoisotopic (exact) mass is 250 g/mol. The molecule has 0 radical (unpaired) electrons. The summed E-state index contributed by atoms with van der Waals surface area (Å²) < 4.78 is 1.81. The van der Waals surface area contributed by atoms with Crippen molar-refractivity contribution in [2.45, 2.75) is 13.5 Å². The summed E-state index contributed by atoms with van der Waals surface area (Å²) in [5.74, 6) is 0.973. The van der Waals surface area contributed by atoms with Crippen LogP contribution in [0.2, 0.25) is 5.02 Å². The van der Waals surface area contributed by atoms with Crippen molar-refractivity contribution in [3.63, 3.8) is 0 Å². The molecule has 1 aromatic heterocycles.